The van der Waals surface area contributed by atoms with Gasteiger partial charge in [0.25, 0.3) is 0 Å². The molecule has 1 aliphatic rings. The first-order chi connectivity index (χ1) is 9.64. The summed E-state index contributed by atoms with van der Waals surface area (Å²) in [5.41, 5.74) is -1.06. The minimum atomic E-state index is -1.01. The fraction of sp³-hybridized carbons (Fsp3) is 0.467. The molecule has 0 bridgehead atoms. The van der Waals surface area contributed by atoms with E-state index in [-0.39, 0.29) is 0 Å². The summed E-state index contributed by atoms with van der Waals surface area (Å²) < 4.78 is 30.8. The van der Waals surface area contributed by atoms with Crippen molar-refractivity contribution in [2.24, 2.45) is 0 Å². The first-order valence-corrected chi connectivity index (χ1v) is 7.10. The van der Waals surface area contributed by atoms with Gasteiger partial charge in [0, 0.05) is 5.02 Å². The molecular formula is C15H19BClFO3. The van der Waals surface area contributed by atoms with E-state index in [0.29, 0.717) is 16.3 Å². The summed E-state index contributed by atoms with van der Waals surface area (Å²) in [4.78, 5) is 0. The zero-order valence-corrected chi connectivity index (χ0v) is 13.6. The molecule has 0 radical (unpaired) electrons. The van der Waals surface area contributed by atoms with Crippen LogP contribution in [-0.4, -0.2) is 25.4 Å². The van der Waals surface area contributed by atoms with Gasteiger partial charge in [0.15, 0.2) is 0 Å². The predicted molar refractivity (Wildman–Crippen MR) is 83.2 cm³/mol. The molecule has 0 saturated carbocycles. The highest BCUT2D eigenvalue weighted by Crippen LogP contribution is 2.39. The lowest BCUT2D eigenvalue weighted by atomic mass is 9.87. The molecule has 0 spiro atoms. The van der Waals surface area contributed by atoms with E-state index in [1.54, 1.807) is 18.2 Å². The standard InChI is InChI=1S/C15H19BClFO3/c1-14(2)15(3,4)21-16(20-14)13(18)8-10-6-11(17)9-12(7-10)19-5/h6-9H,1-5H3. The summed E-state index contributed by atoms with van der Waals surface area (Å²) in [7, 11) is 0.518. The quantitative estimate of drug-likeness (QED) is 0.779. The zero-order valence-electron chi connectivity index (χ0n) is 12.9. The van der Waals surface area contributed by atoms with Gasteiger partial charge in [-0.15, -0.1) is 0 Å². The Hall–Kier alpha value is -1.04. The second-order valence-electron chi connectivity index (χ2n) is 6.04. The van der Waals surface area contributed by atoms with Crippen LogP contribution in [0.4, 0.5) is 4.39 Å². The summed E-state index contributed by atoms with van der Waals surface area (Å²) in [5.74, 6) is 0.565. The van der Waals surface area contributed by atoms with Gasteiger partial charge in [0.2, 0.25) is 0 Å². The van der Waals surface area contributed by atoms with Gasteiger partial charge in [-0.05, 0) is 57.5 Å². The minimum Gasteiger partial charge on any atom is -0.497 e. The number of hydrogen-bond acceptors (Lipinski definition) is 3. The summed E-state index contributed by atoms with van der Waals surface area (Å²) in [6.45, 7) is 7.51. The lowest BCUT2D eigenvalue weighted by molar-refractivity contribution is 0.00578. The molecule has 21 heavy (non-hydrogen) atoms. The van der Waals surface area contributed by atoms with Crippen LogP contribution >= 0.6 is 11.6 Å². The average Bonchev–Trinajstić information content (AvgIpc) is 2.57. The van der Waals surface area contributed by atoms with Gasteiger partial charge in [-0.25, -0.2) is 4.39 Å². The molecule has 2 rings (SSSR count). The monoisotopic (exact) mass is 312 g/mol. The third kappa shape index (κ3) is 3.42. The molecule has 0 N–H and O–H groups in total. The Labute approximate surface area is 130 Å². The Morgan fingerprint density at radius 3 is 2.29 bits per heavy atom. The number of methoxy groups -OCH3 is 1. The van der Waals surface area contributed by atoms with E-state index in [9.17, 15) is 4.39 Å². The Kier molecular flexibility index (Phi) is 4.38. The molecule has 0 aliphatic carbocycles. The summed E-state index contributed by atoms with van der Waals surface area (Å²) in [6, 6.07) is 5.00. The molecular weight excluding hydrogens is 293 g/mol. The van der Waals surface area contributed by atoms with Gasteiger partial charge < -0.3 is 14.0 Å². The average molecular weight is 313 g/mol. The summed E-state index contributed by atoms with van der Waals surface area (Å²) in [6.07, 6.45) is 1.34. The van der Waals surface area contributed by atoms with Crippen LogP contribution < -0.4 is 4.74 Å². The largest absolute Gasteiger partial charge is 0.525 e. The molecule has 114 valence electrons. The lowest BCUT2D eigenvalue weighted by Gasteiger charge is -2.32. The second-order valence-corrected chi connectivity index (χ2v) is 6.48. The Morgan fingerprint density at radius 1 is 1.19 bits per heavy atom. The van der Waals surface area contributed by atoms with Crippen molar-refractivity contribution in [3.8, 4) is 5.75 Å². The Balaban J connectivity index is 2.25. The Bertz CT molecular complexity index is 556. The van der Waals surface area contributed by atoms with Crippen LogP contribution in [-0.2, 0) is 9.31 Å². The van der Waals surface area contributed by atoms with Crippen LogP contribution in [0.3, 0.4) is 0 Å². The van der Waals surface area contributed by atoms with Gasteiger partial charge in [-0.2, -0.15) is 0 Å². The van der Waals surface area contributed by atoms with Crippen molar-refractivity contribution >= 4 is 24.8 Å². The Morgan fingerprint density at radius 2 is 1.76 bits per heavy atom. The van der Waals surface area contributed by atoms with Crippen LogP contribution in [0.2, 0.25) is 5.02 Å². The molecule has 0 unspecified atom stereocenters. The van der Waals surface area contributed by atoms with Gasteiger partial charge in [0.05, 0.1) is 18.3 Å². The predicted octanol–water partition coefficient (Wildman–Crippen LogP) is 4.29. The van der Waals surface area contributed by atoms with E-state index in [0.717, 1.165) is 0 Å². The molecule has 0 aromatic heterocycles. The van der Waals surface area contributed by atoms with Crippen LogP contribution in [0.25, 0.3) is 6.08 Å². The molecule has 0 amide bonds. The number of halogens is 2. The number of rotatable bonds is 3. The number of ether oxygens (including phenoxy) is 1. The third-order valence-electron chi connectivity index (χ3n) is 3.91. The molecule has 1 saturated heterocycles. The molecule has 3 nitrogen and oxygen atoms in total. The van der Waals surface area contributed by atoms with Gasteiger partial charge in [0.1, 0.15) is 11.5 Å². The SMILES string of the molecule is COc1cc(Cl)cc(C=C(F)B2OC(C)(C)C(C)(C)O2)c1. The zero-order chi connectivity index (χ0) is 15.8. The first-order valence-electron chi connectivity index (χ1n) is 6.72. The molecule has 1 aromatic rings. The van der Waals surface area contributed by atoms with Crippen molar-refractivity contribution in [2.75, 3.05) is 7.11 Å². The first kappa shape index (κ1) is 16.3. The fourth-order valence-electron chi connectivity index (χ4n) is 1.97. The van der Waals surface area contributed by atoms with E-state index in [1.165, 1.54) is 13.2 Å². The molecule has 0 atom stereocenters. The smallest absolute Gasteiger partial charge is 0.497 e. The topological polar surface area (TPSA) is 27.7 Å². The van der Waals surface area contributed by atoms with Crippen LogP contribution in [0, 0.1) is 0 Å². The molecule has 6 heteroatoms. The van der Waals surface area contributed by atoms with E-state index < -0.39 is 24.0 Å². The third-order valence-corrected chi connectivity index (χ3v) is 4.13. The van der Waals surface area contributed by atoms with E-state index in [2.05, 4.69) is 0 Å². The molecule has 1 heterocycles. The maximum absolute atomic E-state index is 14.4. The van der Waals surface area contributed by atoms with Gasteiger partial charge in [-0.1, -0.05) is 11.6 Å². The maximum Gasteiger partial charge on any atom is 0.525 e. The van der Waals surface area contributed by atoms with Gasteiger partial charge in [-0.3, -0.25) is 0 Å². The van der Waals surface area contributed by atoms with E-state index in [1.807, 2.05) is 27.7 Å². The van der Waals surface area contributed by atoms with Crippen molar-refractivity contribution in [3.63, 3.8) is 0 Å². The highest BCUT2D eigenvalue weighted by atomic mass is 35.5. The van der Waals surface area contributed by atoms with Crippen molar-refractivity contribution in [3.05, 3.63) is 34.5 Å². The molecule has 1 aliphatic heterocycles. The maximum atomic E-state index is 14.4. The molecule has 1 fully saturated rings. The van der Waals surface area contributed by atoms with Crippen LogP contribution in [0.15, 0.2) is 23.9 Å². The van der Waals surface area contributed by atoms with Crippen molar-refractivity contribution in [1.82, 2.24) is 0 Å². The second kappa shape index (κ2) is 5.63. The lowest BCUT2D eigenvalue weighted by Crippen LogP contribution is -2.41. The normalized spacial score (nSPS) is 20.7. The van der Waals surface area contributed by atoms with Gasteiger partial charge >= 0.3 is 7.12 Å². The minimum absolute atomic E-state index is 0.474. The number of benzene rings is 1. The van der Waals surface area contributed by atoms with Crippen molar-refractivity contribution in [2.45, 2.75) is 38.9 Å². The summed E-state index contributed by atoms with van der Waals surface area (Å²) in [5, 5.41) is 0.474. The van der Waals surface area contributed by atoms with Crippen LogP contribution in [0.1, 0.15) is 33.3 Å². The highest BCUT2D eigenvalue weighted by Gasteiger charge is 2.53. The highest BCUT2D eigenvalue weighted by molar-refractivity contribution is 6.54. The number of hydrogen-bond donors (Lipinski definition) is 0. The fourth-order valence-corrected chi connectivity index (χ4v) is 2.20. The molecule has 1 aromatic carbocycles. The van der Waals surface area contributed by atoms with E-state index >= 15 is 0 Å². The van der Waals surface area contributed by atoms with Crippen molar-refractivity contribution in [1.29, 1.82) is 0 Å². The van der Waals surface area contributed by atoms with E-state index in [4.69, 9.17) is 25.6 Å². The summed E-state index contributed by atoms with van der Waals surface area (Å²) >= 11 is 5.97. The van der Waals surface area contributed by atoms with Crippen LogP contribution in [0.5, 0.6) is 5.75 Å². The van der Waals surface area contributed by atoms with Crippen molar-refractivity contribution < 1.29 is 18.4 Å².